The van der Waals surface area contributed by atoms with E-state index in [9.17, 15) is 9.59 Å². The van der Waals surface area contributed by atoms with Crippen LogP contribution in [0.2, 0.25) is 0 Å². The number of urea groups is 1. The lowest BCUT2D eigenvalue weighted by Gasteiger charge is -2.42. The van der Waals surface area contributed by atoms with Crippen molar-refractivity contribution < 1.29 is 19.1 Å². The monoisotopic (exact) mass is 570 g/mol. The molecule has 2 unspecified atom stereocenters. The van der Waals surface area contributed by atoms with Crippen LogP contribution in [0, 0.1) is 6.92 Å². The molecule has 3 amide bonds. The summed E-state index contributed by atoms with van der Waals surface area (Å²) in [5.41, 5.74) is 2.62. The maximum atomic E-state index is 13.0. The Morgan fingerprint density at radius 2 is 1.60 bits per heavy atom. The number of fused-ring (bicyclic) bond motifs is 2. The van der Waals surface area contributed by atoms with Gasteiger partial charge in [0.1, 0.15) is 17.2 Å². The summed E-state index contributed by atoms with van der Waals surface area (Å²) in [5, 5.41) is 8.80. The third kappa shape index (κ3) is 6.71. The summed E-state index contributed by atoms with van der Waals surface area (Å²) in [4.78, 5) is 27.5. The Labute approximate surface area is 248 Å². The molecule has 2 atom stereocenters. The molecule has 8 nitrogen and oxygen atoms in total. The highest BCUT2D eigenvalue weighted by molar-refractivity contribution is 6.04. The highest BCUT2D eigenvalue weighted by Gasteiger charge is 2.48. The Hall–Kier alpha value is -4.04. The number of amides is 3. The standard InChI is InChI=1S/C34H42N4O4/c1-5-25(6-2)36-33(40)37-26-11-16-29(17-12-26)41-31-18-13-27(22-23(31)3)35-32(39)24-9-14-30(15-10-24)42-34-20-7-8-28(19-21-34)38(34)4/h9-18,22,25,28H,5-8,19-21H2,1-4H3,(H,35,39)(H2,36,37,40). The molecule has 0 saturated carbocycles. The third-order valence-corrected chi connectivity index (χ3v) is 8.68. The molecule has 3 aromatic carbocycles. The molecule has 3 aromatic rings. The summed E-state index contributed by atoms with van der Waals surface area (Å²) in [6, 6.07) is 20.8. The predicted molar refractivity (Wildman–Crippen MR) is 167 cm³/mol. The SMILES string of the molecule is CCC(CC)NC(=O)Nc1ccc(Oc2ccc(NC(=O)c3ccc(OC45CCCC(CC4)N5C)cc3)cc2C)cc1. The van der Waals surface area contributed by atoms with Gasteiger partial charge in [0.15, 0.2) is 5.72 Å². The molecule has 2 saturated heterocycles. The minimum atomic E-state index is -0.214. The highest BCUT2D eigenvalue weighted by Crippen LogP contribution is 2.44. The van der Waals surface area contributed by atoms with Crippen molar-refractivity contribution in [2.45, 2.75) is 83.5 Å². The van der Waals surface area contributed by atoms with E-state index in [1.165, 1.54) is 19.3 Å². The lowest BCUT2D eigenvalue weighted by molar-refractivity contribution is -0.0823. The second kappa shape index (κ2) is 12.9. The number of nitrogens with zero attached hydrogens (tertiary/aromatic N) is 1. The van der Waals surface area contributed by atoms with Crippen LogP contribution in [-0.4, -0.2) is 41.7 Å². The molecule has 2 bridgehead atoms. The van der Waals surface area contributed by atoms with E-state index >= 15 is 0 Å². The number of aryl methyl sites for hydroxylation is 1. The van der Waals surface area contributed by atoms with Gasteiger partial charge in [0.2, 0.25) is 0 Å². The number of anilines is 2. The molecule has 0 spiro atoms. The zero-order valence-electron chi connectivity index (χ0n) is 25.0. The van der Waals surface area contributed by atoms with Crippen molar-refractivity contribution in [3.05, 3.63) is 77.9 Å². The molecule has 8 heteroatoms. The van der Waals surface area contributed by atoms with E-state index in [0.29, 0.717) is 34.5 Å². The second-order valence-electron chi connectivity index (χ2n) is 11.4. The number of piperidine rings is 1. The number of carbonyl (C=O) groups excluding carboxylic acids is 2. The smallest absolute Gasteiger partial charge is 0.319 e. The molecule has 2 aliphatic rings. The molecule has 222 valence electrons. The molecule has 2 heterocycles. The molecule has 2 fully saturated rings. The second-order valence-corrected chi connectivity index (χ2v) is 11.4. The Kier molecular flexibility index (Phi) is 9.02. The first-order valence-corrected chi connectivity index (χ1v) is 15.1. The van der Waals surface area contributed by atoms with Crippen LogP contribution in [-0.2, 0) is 0 Å². The first-order chi connectivity index (χ1) is 20.3. The summed E-state index contributed by atoms with van der Waals surface area (Å²) in [6.45, 7) is 6.04. The zero-order valence-corrected chi connectivity index (χ0v) is 25.0. The molecule has 5 rings (SSSR count). The summed E-state index contributed by atoms with van der Waals surface area (Å²) in [6.07, 6.45) is 7.50. The van der Waals surface area contributed by atoms with Gasteiger partial charge in [-0.05, 0) is 118 Å². The summed E-state index contributed by atoms with van der Waals surface area (Å²) in [5.74, 6) is 1.95. The van der Waals surface area contributed by atoms with E-state index in [2.05, 4.69) is 41.7 Å². The Morgan fingerprint density at radius 1 is 0.905 bits per heavy atom. The zero-order chi connectivity index (χ0) is 29.7. The van der Waals surface area contributed by atoms with E-state index in [0.717, 1.165) is 37.0 Å². The summed E-state index contributed by atoms with van der Waals surface area (Å²) < 4.78 is 12.5. The third-order valence-electron chi connectivity index (χ3n) is 8.68. The van der Waals surface area contributed by atoms with Crippen LogP contribution >= 0.6 is 0 Å². The molecule has 0 aromatic heterocycles. The molecule has 0 radical (unpaired) electrons. The van der Waals surface area contributed by atoms with Gasteiger partial charge in [0.05, 0.1) is 0 Å². The van der Waals surface area contributed by atoms with Gasteiger partial charge in [0.25, 0.3) is 5.91 Å². The van der Waals surface area contributed by atoms with Crippen molar-refractivity contribution in [2.75, 3.05) is 17.7 Å². The summed E-state index contributed by atoms with van der Waals surface area (Å²) >= 11 is 0. The fraction of sp³-hybridized carbons (Fsp3) is 0.412. The predicted octanol–water partition coefficient (Wildman–Crippen LogP) is 7.70. The van der Waals surface area contributed by atoms with E-state index in [1.54, 1.807) is 12.1 Å². The molecule has 0 aliphatic carbocycles. The van der Waals surface area contributed by atoms with Crippen LogP contribution < -0.4 is 25.4 Å². The van der Waals surface area contributed by atoms with Gasteiger partial charge in [-0.25, -0.2) is 4.79 Å². The molecule has 2 aliphatic heterocycles. The number of ether oxygens (including phenoxy) is 2. The van der Waals surface area contributed by atoms with Crippen LogP contribution in [0.25, 0.3) is 0 Å². The van der Waals surface area contributed by atoms with E-state index < -0.39 is 0 Å². The number of carbonyl (C=O) groups is 2. The van der Waals surface area contributed by atoms with E-state index in [1.807, 2.05) is 61.5 Å². The number of rotatable bonds is 10. The van der Waals surface area contributed by atoms with Gasteiger partial charge < -0.3 is 25.4 Å². The number of hydrogen-bond donors (Lipinski definition) is 3. The van der Waals surface area contributed by atoms with Gasteiger partial charge in [-0.1, -0.05) is 13.8 Å². The van der Waals surface area contributed by atoms with E-state index in [-0.39, 0.29) is 23.7 Å². The first kappa shape index (κ1) is 29.5. The van der Waals surface area contributed by atoms with Gasteiger partial charge in [-0.2, -0.15) is 0 Å². The van der Waals surface area contributed by atoms with Crippen molar-refractivity contribution >= 4 is 23.3 Å². The number of benzene rings is 3. The summed E-state index contributed by atoms with van der Waals surface area (Å²) in [7, 11) is 2.17. The van der Waals surface area contributed by atoms with Crippen molar-refractivity contribution in [3.8, 4) is 17.2 Å². The van der Waals surface area contributed by atoms with Gasteiger partial charge >= 0.3 is 6.03 Å². The number of hydrogen-bond acceptors (Lipinski definition) is 5. The van der Waals surface area contributed by atoms with Gasteiger partial charge in [0, 0.05) is 41.9 Å². The fourth-order valence-corrected chi connectivity index (χ4v) is 6.04. The quantitative estimate of drug-likeness (QED) is 0.232. The lowest BCUT2D eigenvalue weighted by Crippen LogP contribution is -2.51. The molecule has 42 heavy (non-hydrogen) atoms. The van der Waals surface area contributed by atoms with Crippen LogP contribution in [0.15, 0.2) is 66.7 Å². The lowest BCUT2D eigenvalue weighted by atomic mass is 10.0. The van der Waals surface area contributed by atoms with Crippen molar-refractivity contribution in [3.63, 3.8) is 0 Å². The fourth-order valence-electron chi connectivity index (χ4n) is 6.04. The average Bonchev–Trinajstić information content (AvgIpc) is 3.14. The normalized spacial score (nSPS) is 19.8. The largest absolute Gasteiger partial charge is 0.473 e. The minimum Gasteiger partial charge on any atom is -0.473 e. The van der Waals surface area contributed by atoms with Crippen molar-refractivity contribution in [1.29, 1.82) is 0 Å². The van der Waals surface area contributed by atoms with E-state index in [4.69, 9.17) is 9.47 Å². The Balaban J connectivity index is 1.14. The molecular formula is C34H42N4O4. The van der Waals surface area contributed by atoms with Crippen LogP contribution in [0.5, 0.6) is 17.2 Å². The van der Waals surface area contributed by atoms with Crippen LogP contribution in [0.3, 0.4) is 0 Å². The topological polar surface area (TPSA) is 91.9 Å². The Bertz CT molecular complexity index is 1380. The maximum absolute atomic E-state index is 13.0. The molecule has 3 N–H and O–H groups in total. The number of nitrogens with one attached hydrogen (secondary N) is 3. The highest BCUT2D eigenvalue weighted by atomic mass is 16.5. The van der Waals surface area contributed by atoms with Crippen molar-refractivity contribution in [2.24, 2.45) is 0 Å². The maximum Gasteiger partial charge on any atom is 0.319 e. The van der Waals surface area contributed by atoms with Crippen LogP contribution in [0.4, 0.5) is 16.2 Å². The van der Waals surface area contributed by atoms with Crippen molar-refractivity contribution in [1.82, 2.24) is 10.2 Å². The van der Waals surface area contributed by atoms with Crippen LogP contribution in [0.1, 0.15) is 74.7 Å². The minimum absolute atomic E-state index is 0.159. The Morgan fingerprint density at radius 3 is 2.29 bits per heavy atom. The molecular weight excluding hydrogens is 528 g/mol. The van der Waals surface area contributed by atoms with Gasteiger partial charge in [-0.15, -0.1) is 0 Å². The first-order valence-electron chi connectivity index (χ1n) is 15.1. The van der Waals surface area contributed by atoms with Gasteiger partial charge in [-0.3, -0.25) is 9.69 Å². The average molecular weight is 571 g/mol.